The topological polar surface area (TPSA) is 78.5 Å². The Labute approximate surface area is 156 Å². The van der Waals surface area contributed by atoms with Crippen LogP contribution in [-0.4, -0.2) is 34.8 Å². The van der Waals surface area contributed by atoms with Crippen LogP contribution in [0.3, 0.4) is 0 Å². The molecule has 0 bridgehead atoms. The van der Waals surface area contributed by atoms with E-state index in [1.807, 2.05) is 0 Å². The van der Waals surface area contributed by atoms with Crippen molar-refractivity contribution in [3.8, 4) is 0 Å². The highest BCUT2D eigenvalue weighted by Gasteiger charge is 2.52. The van der Waals surface area contributed by atoms with Crippen molar-refractivity contribution in [3.63, 3.8) is 0 Å². The van der Waals surface area contributed by atoms with Gasteiger partial charge in [0.05, 0.1) is 6.04 Å². The van der Waals surface area contributed by atoms with Gasteiger partial charge in [0, 0.05) is 0 Å². The number of carbonyl (C=O) groups excluding carboxylic acids is 3. The Morgan fingerprint density at radius 1 is 1.30 bits per heavy atom. The first kappa shape index (κ1) is 19.3. The predicted octanol–water partition coefficient (Wildman–Crippen LogP) is 2.64. The van der Waals surface area contributed by atoms with Crippen LogP contribution in [0.25, 0.3) is 0 Å². The fourth-order valence-electron chi connectivity index (χ4n) is 3.71. The SMILES string of the molecule is CC1CCC2(CC1)NC(=O)N(CC(=O)N[C@H](C)c1ccc(F)c(F)c1)C2=O. The number of carbonyl (C=O) groups is 3. The van der Waals surface area contributed by atoms with Crippen molar-refractivity contribution in [1.29, 1.82) is 0 Å². The second kappa shape index (κ2) is 7.25. The minimum atomic E-state index is -1.00. The zero-order valence-electron chi connectivity index (χ0n) is 15.4. The lowest BCUT2D eigenvalue weighted by Gasteiger charge is -2.33. The molecule has 1 atom stereocenters. The summed E-state index contributed by atoms with van der Waals surface area (Å²) in [6.07, 6.45) is 2.84. The molecule has 3 rings (SSSR count). The molecule has 1 saturated carbocycles. The van der Waals surface area contributed by atoms with E-state index in [9.17, 15) is 23.2 Å². The highest BCUT2D eigenvalue weighted by molar-refractivity contribution is 6.09. The number of halogens is 2. The van der Waals surface area contributed by atoms with Gasteiger partial charge in [0.1, 0.15) is 12.1 Å². The van der Waals surface area contributed by atoms with Crippen molar-refractivity contribution in [1.82, 2.24) is 15.5 Å². The van der Waals surface area contributed by atoms with Crippen LogP contribution in [0.1, 0.15) is 51.1 Å². The number of amides is 4. The molecule has 4 amide bonds. The van der Waals surface area contributed by atoms with Gasteiger partial charge in [-0.25, -0.2) is 13.6 Å². The molecule has 1 aliphatic heterocycles. The van der Waals surface area contributed by atoms with Gasteiger partial charge in [0.15, 0.2) is 11.6 Å². The molecule has 1 saturated heterocycles. The van der Waals surface area contributed by atoms with Crippen LogP contribution in [0.4, 0.5) is 13.6 Å². The zero-order valence-corrected chi connectivity index (χ0v) is 15.4. The van der Waals surface area contributed by atoms with E-state index in [1.165, 1.54) is 6.07 Å². The van der Waals surface area contributed by atoms with Gasteiger partial charge in [0.25, 0.3) is 5.91 Å². The van der Waals surface area contributed by atoms with Gasteiger partial charge in [-0.15, -0.1) is 0 Å². The van der Waals surface area contributed by atoms with E-state index in [1.54, 1.807) is 6.92 Å². The van der Waals surface area contributed by atoms with Crippen LogP contribution >= 0.6 is 0 Å². The average Bonchev–Trinajstić information content (AvgIpc) is 2.84. The molecule has 1 spiro atoms. The third-order valence-electron chi connectivity index (χ3n) is 5.50. The maximum absolute atomic E-state index is 13.3. The zero-order chi connectivity index (χ0) is 19.8. The van der Waals surface area contributed by atoms with E-state index in [0.29, 0.717) is 24.3 Å². The summed E-state index contributed by atoms with van der Waals surface area (Å²) in [5.41, 5.74) is -0.507. The van der Waals surface area contributed by atoms with Gasteiger partial charge < -0.3 is 10.6 Å². The minimum Gasteiger partial charge on any atom is -0.348 e. The average molecular weight is 379 g/mol. The van der Waals surface area contributed by atoms with Crippen molar-refractivity contribution in [2.75, 3.05) is 6.54 Å². The molecule has 2 aliphatic rings. The summed E-state index contributed by atoms with van der Waals surface area (Å²) < 4.78 is 26.4. The number of nitrogens with zero attached hydrogens (tertiary/aromatic N) is 1. The molecule has 1 heterocycles. The predicted molar refractivity (Wildman–Crippen MR) is 93.5 cm³/mol. The molecule has 1 aliphatic carbocycles. The maximum Gasteiger partial charge on any atom is 0.325 e. The minimum absolute atomic E-state index is 0.366. The Balaban J connectivity index is 1.62. The van der Waals surface area contributed by atoms with E-state index in [4.69, 9.17) is 0 Å². The maximum atomic E-state index is 13.3. The molecule has 2 N–H and O–H groups in total. The number of benzene rings is 1. The first-order valence-corrected chi connectivity index (χ1v) is 9.10. The molecular formula is C19H23F2N3O3. The largest absolute Gasteiger partial charge is 0.348 e. The number of hydrogen-bond acceptors (Lipinski definition) is 3. The molecule has 146 valence electrons. The molecule has 0 unspecified atom stereocenters. The van der Waals surface area contributed by atoms with Crippen molar-refractivity contribution in [3.05, 3.63) is 35.4 Å². The first-order chi connectivity index (χ1) is 12.7. The Bertz CT molecular complexity index is 775. The Morgan fingerprint density at radius 2 is 1.96 bits per heavy atom. The lowest BCUT2D eigenvalue weighted by atomic mass is 9.77. The first-order valence-electron chi connectivity index (χ1n) is 9.10. The van der Waals surface area contributed by atoms with E-state index in [-0.39, 0.29) is 5.91 Å². The molecule has 0 aromatic heterocycles. The van der Waals surface area contributed by atoms with Gasteiger partial charge in [0.2, 0.25) is 5.91 Å². The summed E-state index contributed by atoms with van der Waals surface area (Å²) in [6.45, 7) is 3.31. The Hall–Kier alpha value is -2.51. The van der Waals surface area contributed by atoms with E-state index in [2.05, 4.69) is 17.6 Å². The lowest BCUT2D eigenvalue weighted by molar-refractivity contribution is -0.136. The van der Waals surface area contributed by atoms with Gasteiger partial charge >= 0.3 is 6.03 Å². The van der Waals surface area contributed by atoms with Crippen LogP contribution in [0.2, 0.25) is 0 Å². The molecule has 1 aromatic rings. The fraction of sp³-hybridized carbons (Fsp3) is 0.526. The van der Waals surface area contributed by atoms with Gasteiger partial charge in [-0.05, 0) is 56.2 Å². The van der Waals surface area contributed by atoms with Gasteiger partial charge in [-0.1, -0.05) is 13.0 Å². The van der Waals surface area contributed by atoms with Crippen LogP contribution in [-0.2, 0) is 9.59 Å². The molecule has 8 heteroatoms. The van der Waals surface area contributed by atoms with E-state index >= 15 is 0 Å². The Morgan fingerprint density at radius 3 is 2.59 bits per heavy atom. The summed E-state index contributed by atoms with van der Waals surface area (Å²) in [6, 6.07) is 2.20. The third kappa shape index (κ3) is 3.79. The summed E-state index contributed by atoms with van der Waals surface area (Å²) in [7, 11) is 0. The summed E-state index contributed by atoms with van der Waals surface area (Å²) in [4.78, 5) is 38.2. The molecule has 27 heavy (non-hydrogen) atoms. The van der Waals surface area contributed by atoms with Crippen molar-refractivity contribution in [2.45, 2.75) is 51.1 Å². The van der Waals surface area contributed by atoms with Crippen molar-refractivity contribution >= 4 is 17.8 Å². The quantitative estimate of drug-likeness (QED) is 0.790. The van der Waals surface area contributed by atoms with Crippen LogP contribution < -0.4 is 10.6 Å². The second-order valence-corrected chi connectivity index (χ2v) is 7.55. The Kier molecular flexibility index (Phi) is 5.17. The molecular weight excluding hydrogens is 356 g/mol. The summed E-state index contributed by atoms with van der Waals surface area (Å²) >= 11 is 0. The number of rotatable bonds is 4. The summed E-state index contributed by atoms with van der Waals surface area (Å²) in [5.74, 6) is -2.37. The van der Waals surface area contributed by atoms with Crippen LogP contribution in [0.5, 0.6) is 0 Å². The normalized spacial score (nSPS) is 26.2. The monoisotopic (exact) mass is 379 g/mol. The highest BCUT2D eigenvalue weighted by Crippen LogP contribution is 2.36. The molecule has 2 fully saturated rings. The third-order valence-corrected chi connectivity index (χ3v) is 5.50. The number of urea groups is 1. The molecule has 6 nitrogen and oxygen atoms in total. The summed E-state index contributed by atoms with van der Waals surface area (Å²) in [5, 5.41) is 5.37. The van der Waals surface area contributed by atoms with E-state index < -0.39 is 41.7 Å². The van der Waals surface area contributed by atoms with Crippen molar-refractivity contribution < 1.29 is 23.2 Å². The highest BCUT2D eigenvalue weighted by atomic mass is 19.2. The number of hydrogen-bond donors (Lipinski definition) is 2. The fourth-order valence-corrected chi connectivity index (χ4v) is 3.71. The van der Waals surface area contributed by atoms with Crippen molar-refractivity contribution in [2.24, 2.45) is 5.92 Å². The van der Waals surface area contributed by atoms with Gasteiger partial charge in [-0.2, -0.15) is 0 Å². The lowest BCUT2D eigenvalue weighted by Crippen LogP contribution is -2.50. The number of nitrogens with one attached hydrogen (secondary N) is 2. The molecule has 0 radical (unpaired) electrons. The van der Waals surface area contributed by atoms with E-state index in [0.717, 1.165) is 29.9 Å². The number of imide groups is 1. The molecule has 1 aromatic carbocycles. The van der Waals surface area contributed by atoms with Crippen LogP contribution in [0.15, 0.2) is 18.2 Å². The van der Waals surface area contributed by atoms with Gasteiger partial charge in [-0.3, -0.25) is 14.5 Å². The second-order valence-electron chi connectivity index (χ2n) is 7.55. The van der Waals surface area contributed by atoms with Crippen LogP contribution in [0, 0.1) is 17.6 Å². The smallest absolute Gasteiger partial charge is 0.325 e. The standard InChI is InChI=1S/C19H23F2N3O3/c1-11-5-7-19(8-6-11)17(26)24(18(27)23-19)10-16(25)22-12(2)13-3-4-14(20)15(21)9-13/h3-4,9,11-12H,5-8,10H2,1-2H3,(H,22,25)(H,23,27)/t11?,12-,19?/m1/s1.